The molecule has 0 saturated carbocycles. The maximum absolute atomic E-state index is 12.0. The van der Waals surface area contributed by atoms with E-state index in [1.807, 2.05) is 47.2 Å². The van der Waals surface area contributed by atoms with Crippen molar-refractivity contribution in [3.63, 3.8) is 0 Å². The van der Waals surface area contributed by atoms with E-state index in [1.54, 1.807) is 11.3 Å². The van der Waals surface area contributed by atoms with Crippen LogP contribution >= 0.6 is 11.3 Å². The number of hydrogen-bond acceptors (Lipinski definition) is 2. The first-order valence-corrected chi connectivity index (χ1v) is 7.17. The molecule has 0 fully saturated rings. The molecule has 0 N–H and O–H groups in total. The lowest BCUT2D eigenvalue weighted by Gasteiger charge is -2.03. The van der Waals surface area contributed by atoms with E-state index in [-0.39, 0.29) is 0 Å². The van der Waals surface area contributed by atoms with Crippen molar-refractivity contribution in [3.05, 3.63) is 64.9 Å². The highest BCUT2D eigenvalue weighted by Crippen LogP contribution is 2.21. The third kappa shape index (κ3) is 2.68. The molecular weight excluding hydrogens is 236 g/mol. The van der Waals surface area contributed by atoms with E-state index in [4.69, 9.17) is 0 Å². The molecule has 1 nitrogen and oxygen atoms in total. The van der Waals surface area contributed by atoms with Gasteiger partial charge in [-0.1, -0.05) is 36.9 Å². The van der Waals surface area contributed by atoms with Gasteiger partial charge in [0.15, 0.2) is 0 Å². The minimum Gasteiger partial charge on any atom is -0.254 e. The van der Waals surface area contributed by atoms with Gasteiger partial charge in [0.25, 0.3) is 0 Å². The fraction of sp³-hybridized carbons (Fsp3) is 0.0769. The highest BCUT2D eigenvalue weighted by molar-refractivity contribution is 7.93. The quantitative estimate of drug-likeness (QED) is 0.807. The highest BCUT2D eigenvalue weighted by atomic mass is 32.2. The molecule has 1 aromatic heterocycles. The summed E-state index contributed by atoms with van der Waals surface area (Å²) in [6, 6.07) is 11.8. The molecule has 1 atom stereocenters. The summed E-state index contributed by atoms with van der Waals surface area (Å²) in [5.74, 6) is 0.537. The largest absolute Gasteiger partial charge is 0.254 e. The van der Waals surface area contributed by atoms with Gasteiger partial charge in [-0.2, -0.15) is 11.3 Å². The smallest absolute Gasteiger partial charge is 0.0574 e. The molecule has 1 heterocycles. The zero-order valence-electron chi connectivity index (χ0n) is 8.76. The third-order valence-corrected chi connectivity index (χ3v) is 4.32. The Morgan fingerprint density at radius 3 is 2.62 bits per heavy atom. The van der Waals surface area contributed by atoms with Crippen molar-refractivity contribution >= 4 is 27.0 Å². The first kappa shape index (κ1) is 11.3. The summed E-state index contributed by atoms with van der Waals surface area (Å²) in [5.41, 5.74) is 2.07. The van der Waals surface area contributed by atoms with Crippen LogP contribution in [0.25, 0.3) is 4.91 Å². The lowest BCUT2D eigenvalue weighted by Crippen LogP contribution is -1.96. The monoisotopic (exact) mass is 248 g/mol. The predicted octanol–water partition coefficient (Wildman–Crippen LogP) is 3.67. The second kappa shape index (κ2) is 5.23. The maximum Gasteiger partial charge on any atom is 0.0574 e. The van der Waals surface area contributed by atoms with E-state index in [1.165, 1.54) is 0 Å². The van der Waals surface area contributed by atoms with Gasteiger partial charge in [-0.3, -0.25) is 4.21 Å². The standard InChI is InChI=1S/C13H12OS2/c1-11(13-7-8-15-9-13)16(14)10-12-5-3-2-4-6-12/h2-9H,1,10H2/t16-/m0/s1. The third-order valence-electron chi connectivity index (χ3n) is 2.26. The number of hydrogen-bond donors (Lipinski definition) is 0. The molecule has 0 bridgehead atoms. The Hall–Kier alpha value is -1.19. The van der Waals surface area contributed by atoms with Crippen molar-refractivity contribution in [1.29, 1.82) is 0 Å². The molecule has 2 rings (SSSR count). The Morgan fingerprint density at radius 1 is 1.25 bits per heavy atom. The molecule has 0 saturated heterocycles. The summed E-state index contributed by atoms with van der Waals surface area (Å²) in [6.45, 7) is 3.90. The molecular formula is C13H12OS2. The Labute approximate surface area is 102 Å². The highest BCUT2D eigenvalue weighted by Gasteiger charge is 2.08. The van der Waals surface area contributed by atoms with Crippen molar-refractivity contribution in [2.45, 2.75) is 5.75 Å². The fourth-order valence-electron chi connectivity index (χ4n) is 1.37. The van der Waals surface area contributed by atoms with Crippen LogP contribution in [0.1, 0.15) is 11.1 Å². The summed E-state index contributed by atoms with van der Waals surface area (Å²) in [7, 11) is -1.03. The van der Waals surface area contributed by atoms with Crippen molar-refractivity contribution in [2.75, 3.05) is 0 Å². The Balaban J connectivity index is 2.07. The van der Waals surface area contributed by atoms with Crippen LogP contribution in [0.3, 0.4) is 0 Å². The number of rotatable bonds is 4. The molecule has 0 radical (unpaired) electrons. The molecule has 2 aromatic rings. The molecule has 0 aliphatic carbocycles. The van der Waals surface area contributed by atoms with Gasteiger partial charge < -0.3 is 0 Å². The van der Waals surface area contributed by atoms with Crippen molar-refractivity contribution in [3.8, 4) is 0 Å². The summed E-state index contributed by atoms with van der Waals surface area (Å²) < 4.78 is 12.0. The average molecular weight is 248 g/mol. The van der Waals surface area contributed by atoms with E-state index in [0.29, 0.717) is 10.7 Å². The first-order valence-electron chi connectivity index (χ1n) is 4.91. The van der Waals surface area contributed by atoms with Crippen LogP contribution in [0.2, 0.25) is 0 Å². The molecule has 3 heteroatoms. The van der Waals surface area contributed by atoms with Gasteiger partial charge in [-0.05, 0) is 22.4 Å². The van der Waals surface area contributed by atoms with Crippen LogP contribution in [-0.4, -0.2) is 4.21 Å². The zero-order chi connectivity index (χ0) is 11.4. The molecule has 82 valence electrons. The minimum atomic E-state index is -1.03. The van der Waals surface area contributed by atoms with Crippen LogP contribution in [0.15, 0.2) is 53.7 Å². The van der Waals surface area contributed by atoms with Gasteiger partial charge in [-0.15, -0.1) is 0 Å². The summed E-state index contributed by atoms with van der Waals surface area (Å²) in [6.07, 6.45) is 0. The Morgan fingerprint density at radius 2 is 2.00 bits per heavy atom. The lowest BCUT2D eigenvalue weighted by atomic mass is 10.2. The number of benzene rings is 1. The van der Waals surface area contributed by atoms with E-state index in [9.17, 15) is 4.21 Å². The molecule has 0 amide bonds. The second-order valence-electron chi connectivity index (χ2n) is 3.41. The van der Waals surface area contributed by atoms with Crippen LogP contribution in [-0.2, 0) is 16.6 Å². The second-order valence-corrected chi connectivity index (χ2v) is 5.66. The average Bonchev–Trinajstić information content (AvgIpc) is 2.83. The summed E-state index contributed by atoms with van der Waals surface area (Å²) >= 11 is 1.60. The van der Waals surface area contributed by atoms with Gasteiger partial charge in [-0.25, -0.2) is 0 Å². The van der Waals surface area contributed by atoms with Gasteiger partial charge in [0.1, 0.15) is 0 Å². The minimum absolute atomic E-state index is 0.537. The van der Waals surface area contributed by atoms with Gasteiger partial charge in [0, 0.05) is 10.5 Å². The lowest BCUT2D eigenvalue weighted by molar-refractivity contribution is 0.688. The molecule has 0 aliphatic heterocycles. The van der Waals surface area contributed by atoms with Gasteiger partial charge in [0.2, 0.25) is 0 Å². The van der Waals surface area contributed by atoms with Crippen LogP contribution < -0.4 is 0 Å². The van der Waals surface area contributed by atoms with Crippen LogP contribution in [0, 0.1) is 0 Å². The van der Waals surface area contributed by atoms with E-state index >= 15 is 0 Å². The SMILES string of the molecule is C=C(c1ccsc1)[S@@](=O)Cc1ccccc1. The Kier molecular flexibility index (Phi) is 3.70. The summed E-state index contributed by atoms with van der Waals surface area (Å²) in [4.78, 5) is 0.713. The normalized spacial score (nSPS) is 12.2. The molecule has 1 aromatic carbocycles. The van der Waals surface area contributed by atoms with Crippen LogP contribution in [0.5, 0.6) is 0 Å². The fourth-order valence-corrected chi connectivity index (χ4v) is 3.17. The molecule has 0 aliphatic rings. The van der Waals surface area contributed by atoms with Crippen LogP contribution in [0.4, 0.5) is 0 Å². The van der Waals surface area contributed by atoms with Crippen molar-refractivity contribution in [2.24, 2.45) is 0 Å². The molecule has 0 unspecified atom stereocenters. The predicted molar refractivity (Wildman–Crippen MR) is 71.6 cm³/mol. The van der Waals surface area contributed by atoms with E-state index in [2.05, 4.69) is 6.58 Å². The van der Waals surface area contributed by atoms with Gasteiger partial charge in [0.05, 0.1) is 16.6 Å². The Bertz CT molecular complexity index is 486. The van der Waals surface area contributed by atoms with E-state index < -0.39 is 10.8 Å². The van der Waals surface area contributed by atoms with Crippen molar-refractivity contribution in [1.82, 2.24) is 0 Å². The number of thiophene rings is 1. The topological polar surface area (TPSA) is 17.1 Å². The van der Waals surface area contributed by atoms with Crippen molar-refractivity contribution < 1.29 is 4.21 Å². The zero-order valence-corrected chi connectivity index (χ0v) is 10.4. The van der Waals surface area contributed by atoms with E-state index in [0.717, 1.165) is 11.1 Å². The molecule has 16 heavy (non-hydrogen) atoms. The van der Waals surface area contributed by atoms with Gasteiger partial charge >= 0.3 is 0 Å². The maximum atomic E-state index is 12.0. The summed E-state index contributed by atoms with van der Waals surface area (Å²) in [5, 5.41) is 3.95. The molecule has 0 spiro atoms. The first-order chi connectivity index (χ1) is 7.77.